The van der Waals surface area contributed by atoms with Crippen LogP contribution < -0.4 is 17.1 Å². The van der Waals surface area contributed by atoms with Crippen LogP contribution in [0.15, 0.2) is 14.4 Å². The number of rotatable bonds is 14. The molecule has 0 radical (unpaired) electrons. The van der Waals surface area contributed by atoms with E-state index in [-0.39, 0.29) is 19.8 Å². The van der Waals surface area contributed by atoms with E-state index in [4.69, 9.17) is 4.74 Å². The maximum atomic E-state index is 12.6. The third kappa shape index (κ3) is 7.11. The molecule has 0 saturated carbocycles. The summed E-state index contributed by atoms with van der Waals surface area (Å²) in [5, 5.41) is 19.6. The molecule has 1 heterocycles. The lowest BCUT2D eigenvalue weighted by Crippen LogP contribution is -2.54. The lowest BCUT2D eigenvalue weighted by Gasteiger charge is -2.16. The molecule has 0 aromatic carbocycles. The van der Waals surface area contributed by atoms with Crippen molar-refractivity contribution < 1.29 is 14.9 Å². The zero-order valence-electron chi connectivity index (χ0n) is 16.7. The van der Waals surface area contributed by atoms with Gasteiger partial charge in [-0.1, -0.05) is 13.3 Å². The van der Waals surface area contributed by atoms with Crippen LogP contribution in [0.5, 0.6) is 0 Å². The Balaban J connectivity index is 2.82. The Kier molecular flexibility index (Phi) is 11.8. The van der Waals surface area contributed by atoms with Gasteiger partial charge in [0.05, 0.1) is 12.2 Å². The molecule has 0 aliphatic carbocycles. The van der Waals surface area contributed by atoms with Crippen molar-refractivity contribution in [2.45, 2.75) is 58.2 Å². The summed E-state index contributed by atoms with van der Waals surface area (Å²) in [5.74, 6) is 1.45. The highest BCUT2D eigenvalue weighted by Crippen LogP contribution is 2.10. The molecule has 1 aromatic rings. The number of ether oxygens (including phenoxy) is 1. The van der Waals surface area contributed by atoms with Crippen molar-refractivity contribution in [3.8, 4) is 0 Å². The van der Waals surface area contributed by atoms with E-state index in [0.29, 0.717) is 30.1 Å². The third-order valence-corrected chi connectivity index (χ3v) is 5.95. The summed E-state index contributed by atoms with van der Waals surface area (Å²) in [6, 6.07) is 0. The first-order valence-corrected chi connectivity index (χ1v) is 11.8. The van der Waals surface area contributed by atoms with Gasteiger partial charge in [-0.2, -0.15) is 23.5 Å². The van der Waals surface area contributed by atoms with Gasteiger partial charge in [-0.05, 0) is 24.9 Å². The summed E-state index contributed by atoms with van der Waals surface area (Å²) >= 11 is 2.91. The molecule has 0 aliphatic heterocycles. The molecular weight excluding hydrogens is 406 g/mol. The van der Waals surface area contributed by atoms with E-state index < -0.39 is 29.3 Å². The number of aromatic nitrogens is 3. The fourth-order valence-corrected chi connectivity index (χ4v) is 4.07. The van der Waals surface area contributed by atoms with Crippen molar-refractivity contribution >= 4 is 23.5 Å². The molecule has 2 atom stereocenters. The van der Waals surface area contributed by atoms with Gasteiger partial charge in [0.1, 0.15) is 6.73 Å². The Bertz CT molecular complexity index is 761. The van der Waals surface area contributed by atoms with Crippen molar-refractivity contribution in [2.75, 3.05) is 30.6 Å². The topological polar surface area (TPSA) is 116 Å². The summed E-state index contributed by atoms with van der Waals surface area (Å²) in [5.41, 5.74) is -1.93. The molecule has 0 saturated heterocycles. The number of nitrogens with zero attached hydrogens (tertiary/aromatic N) is 3. The third-order valence-electron chi connectivity index (χ3n) is 4.12. The average molecular weight is 438 g/mol. The predicted molar refractivity (Wildman–Crippen MR) is 113 cm³/mol. The molecule has 2 unspecified atom stereocenters. The molecule has 2 N–H and O–H groups in total. The summed E-state index contributed by atoms with van der Waals surface area (Å²) in [7, 11) is 1.38. The molecule has 162 valence electrons. The van der Waals surface area contributed by atoms with Crippen molar-refractivity contribution in [2.24, 2.45) is 0 Å². The van der Waals surface area contributed by atoms with Crippen molar-refractivity contribution in [3.63, 3.8) is 0 Å². The van der Waals surface area contributed by atoms with Gasteiger partial charge >= 0.3 is 17.1 Å². The van der Waals surface area contributed by atoms with E-state index in [1.165, 1.54) is 30.6 Å². The summed E-state index contributed by atoms with van der Waals surface area (Å²) < 4.78 is 8.00. The molecule has 9 nitrogen and oxygen atoms in total. The molecule has 11 heteroatoms. The summed E-state index contributed by atoms with van der Waals surface area (Å²) in [4.78, 5) is 37.5. The number of hydrogen-bond acceptors (Lipinski definition) is 8. The van der Waals surface area contributed by atoms with Gasteiger partial charge in [0.25, 0.3) is 0 Å². The number of methoxy groups -OCH3 is 1. The second-order valence-corrected chi connectivity index (χ2v) is 8.43. The van der Waals surface area contributed by atoms with Gasteiger partial charge in [-0.3, -0.25) is 0 Å². The van der Waals surface area contributed by atoms with Gasteiger partial charge in [-0.15, -0.1) is 0 Å². The fraction of sp³-hybridized carbons (Fsp3) is 0.824. The quantitative estimate of drug-likeness (QED) is 0.384. The minimum absolute atomic E-state index is 0.171. The fourth-order valence-electron chi connectivity index (χ4n) is 2.54. The summed E-state index contributed by atoms with van der Waals surface area (Å²) in [6.07, 6.45) is 2.27. The number of aliphatic hydroxyl groups is 2. The molecule has 1 rings (SSSR count). The Morgan fingerprint density at radius 1 is 0.929 bits per heavy atom. The molecule has 28 heavy (non-hydrogen) atoms. The average Bonchev–Trinajstić information content (AvgIpc) is 2.67. The zero-order valence-corrected chi connectivity index (χ0v) is 18.3. The monoisotopic (exact) mass is 437 g/mol. The molecule has 0 spiro atoms. The normalized spacial score (nSPS) is 13.6. The lowest BCUT2D eigenvalue weighted by molar-refractivity contribution is 0.0500. The van der Waals surface area contributed by atoms with Gasteiger partial charge in [0.2, 0.25) is 0 Å². The van der Waals surface area contributed by atoms with Crippen LogP contribution in [-0.2, 0) is 24.6 Å². The predicted octanol–water partition coefficient (Wildman–Crippen LogP) is -0.216. The van der Waals surface area contributed by atoms with Crippen molar-refractivity contribution in [1.82, 2.24) is 13.7 Å². The minimum atomic E-state index is -0.810. The van der Waals surface area contributed by atoms with Gasteiger partial charge in [0.15, 0.2) is 0 Å². The van der Waals surface area contributed by atoms with E-state index >= 15 is 0 Å². The van der Waals surface area contributed by atoms with Gasteiger partial charge in [-0.25, -0.2) is 28.1 Å². The van der Waals surface area contributed by atoms with Crippen molar-refractivity contribution in [1.29, 1.82) is 0 Å². The zero-order chi connectivity index (χ0) is 21.1. The van der Waals surface area contributed by atoms with Gasteiger partial charge < -0.3 is 14.9 Å². The maximum Gasteiger partial charge on any atom is 0.338 e. The second kappa shape index (κ2) is 13.3. The van der Waals surface area contributed by atoms with Crippen LogP contribution in [-0.4, -0.2) is 66.7 Å². The highest BCUT2D eigenvalue weighted by molar-refractivity contribution is 7.99. The highest BCUT2D eigenvalue weighted by Gasteiger charge is 2.16. The number of unbranched alkanes of at least 4 members (excludes halogenated alkanes) is 1. The first-order valence-electron chi connectivity index (χ1n) is 9.25. The number of thioether (sulfide) groups is 2. The van der Waals surface area contributed by atoms with Crippen LogP contribution in [0.3, 0.4) is 0 Å². The highest BCUT2D eigenvalue weighted by atomic mass is 32.2. The van der Waals surface area contributed by atoms with Crippen LogP contribution in [0.4, 0.5) is 0 Å². The molecule has 0 aliphatic rings. The molecule has 0 amide bonds. The van der Waals surface area contributed by atoms with E-state index in [1.807, 2.05) is 13.2 Å². The van der Waals surface area contributed by atoms with E-state index in [0.717, 1.165) is 20.1 Å². The van der Waals surface area contributed by atoms with E-state index in [9.17, 15) is 24.6 Å². The van der Waals surface area contributed by atoms with Crippen LogP contribution in [0.1, 0.15) is 26.2 Å². The Morgan fingerprint density at radius 2 is 1.46 bits per heavy atom. The number of hydrogen-bond donors (Lipinski definition) is 2. The molecule has 1 aromatic heterocycles. The SMILES string of the molecule is CCCCn1c(=O)n(CCCSCC(O)C(O)CSC)c(=O)n(COC)c1=O. The summed E-state index contributed by atoms with van der Waals surface area (Å²) in [6.45, 7) is 2.17. The minimum Gasteiger partial charge on any atom is -0.390 e. The maximum absolute atomic E-state index is 12.6. The first kappa shape index (κ1) is 25.0. The van der Waals surface area contributed by atoms with Crippen LogP contribution >= 0.6 is 23.5 Å². The van der Waals surface area contributed by atoms with Crippen molar-refractivity contribution in [3.05, 3.63) is 31.5 Å². The Hall–Kier alpha value is -1.01. The number of aliphatic hydroxyl groups excluding tert-OH is 2. The van der Waals surface area contributed by atoms with E-state index in [1.54, 1.807) is 0 Å². The largest absolute Gasteiger partial charge is 0.390 e. The van der Waals surface area contributed by atoms with Gasteiger partial charge in [0, 0.05) is 31.7 Å². The second-order valence-electron chi connectivity index (χ2n) is 6.37. The van der Waals surface area contributed by atoms with E-state index in [2.05, 4.69) is 0 Å². The smallest absolute Gasteiger partial charge is 0.338 e. The molecule has 0 fully saturated rings. The lowest BCUT2D eigenvalue weighted by atomic mass is 10.3. The Labute approximate surface area is 172 Å². The first-order chi connectivity index (χ1) is 13.4. The standard InChI is InChI=1S/C17H31N3O6S2/c1-4-5-7-18-15(23)19(17(25)20(12-26-2)16(18)24)8-6-9-28-11-14(22)13(21)10-27-3/h13-14,21-22H,4-12H2,1-3H3. The van der Waals surface area contributed by atoms with Crippen LogP contribution in [0.25, 0.3) is 0 Å². The molecule has 0 bridgehead atoms. The van der Waals surface area contributed by atoms with Crippen LogP contribution in [0.2, 0.25) is 0 Å². The van der Waals surface area contributed by atoms with Crippen LogP contribution in [0, 0.1) is 0 Å². The Morgan fingerprint density at radius 3 is 2.00 bits per heavy atom. The molecular formula is C17H31N3O6S2.